The molecule has 100 valence electrons. The Morgan fingerprint density at radius 2 is 1.89 bits per heavy atom. The Hall–Kier alpha value is -2.10. The maximum absolute atomic E-state index is 5.68. The van der Waals surface area contributed by atoms with Crippen LogP contribution in [0, 0.1) is 5.92 Å². The van der Waals surface area contributed by atoms with E-state index in [1.807, 2.05) is 43.4 Å². The monoisotopic (exact) mass is 257 g/mol. The fourth-order valence-electron chi connectivity index (χ4n) is 1.60. The van der Waals surface area contributed by atoms with Gasteiger partial charge in [0.15, 0.2) is 5.82 Å². The highest BCUT2D eigenvalue weighted by molar-refractivity contribution is 5.58. The van der Waals surface area contributed by atoms with Crippen molar-refractivity contribution in [1.82, 2.24) is 9.97 Å². The fraction of sp³-hybridized carbons (Fsp3) is 0.333. The van der Waals surface area contributed by atoms with Gasteiger partial charge in [-0.15, -0.1) is 0 Å². The molecular formula is C15H19N3O. The van der Waals surface area contributed by atoms with Gasteiger partial charge >= 0.3 is 0 Å². The van der Waals surface area contributed by atoms with E-state index in [4.69, 9.17) is 4.74 Å². The number of hydrogen-bond donors (Lipinski definition) is 1. The van der Waals surface area contributed by atoms with E-state index >= 15 is 0 Å². The van der Waals surface area contributed by atoms with Crippen LogP contribution in [-0.2, 0) is 0 Å². The molecule has 0 fully saturated rings. The summed E-state index contributed by atoms with van der Waals surface area (Å²) in [5.41, 5.74) is 0.981. The molecule has 4 heteroatoms. The summed E-state index contributed by atoms with van der Waals surface area (Å²) in [5, 5.41) is 3.03. The van der Waals surface area contributed by atoms with Crippen molar-refractivity contribution in [3.05, 3.63) is 36.4 Å². The zero-order valence-corrected chi connectivity index (χ0v) is 11.6. The molecule has 0 unspecified atom stereocenters. The van der Waals surface area contributed by atoms with Gasteiger partial charge in [0.25, 0.3) is 0 Å². The molecule has 0 radical (unpaired) electrons. The third-order valence-electron chi connectivity index (χ3n) is 2.56. The lowest BCUT2D eigenvalue weighted by molar-refractivity contribution is 0.261. The zero-order chi connectivity index (χ0) is 13.7. The maximum atomic E-state index is 5.68. The van der Waals surface area contributed by atoms with Crippen molar-refractivity contribution in [3.63, 3.8) is 0 Å². The Balaban J connectivity index is 2.31. The third-order valence-corrected chi connectivity index (χ3v) is 2.56. The molecule has 0 saturated carbocycles. The van der Waals surface area contributed by atoms with Gasteiger partial charge in [0, 0.05) is 18.7 Å². The van der Waals surface area contributed by atoms with Crippen molar-refractivity contribution in [3.8, 4) is 17.3 Å². The summed E-state index contributed by atoms with van der Waals surface area (Å²) in [4.78, 5) is 8.90. The second-order valence-corrected chi connectivity index (χ2v) is 4.74. The molecule has 0 spiro atoms. The fourth-order valence-corrected chi connectivity index (χ4v) is 1.60. The second kappa shape index (κ2) is 6.18. The summed E-state index contributed by atoms with van der Waals surface area (Å²) in [5.74, 6) is 2.50. The van der Waals surface area contributed by atoms with Gasteiger partial charge in [-0.2, -0.15) is 4.98 Å². The average molecular weight is 257 g/mol. The van der Waals surface area contributed by atoms with Crippen LogP contribution in [0.4, 0.5) is 5.82 Å². The first-order valence-corrected chi connectivity index (χ1v) is 6.44. The van der Waals surface area contributed by atoms with E-state index in [1.54, 1.807) is 0 Å². The Bertz CT molecular complexity index is 526. The molecule has 2 aromatic rings. The van der Waals surface area contributed by atoms with Crippen molar-refractivity contribution in [1.29, 1.82) is 0 Å². The van der Waals surface area contributed by atoms with Crippen LogP contribution < -0.4 is 10.1 Å². The first-order valence-electron chi connectivity index (χ1n) is 6.44. The maximum Gasteiger partial charge on any atom is 0.219 e. The molecule has 4 nitrogen and oxygen atoms in total. The molecule has 2 rings (SSSR count). The van der Waals surface area contributed by atoms with E-state index in [1.165, 1.54) is 0 Å². The number of hydrogen-bond acceptors (Lipinski definition) is 4. The minimum Gasteiger partial charge on any atom is -0.477 e. The highest BCUT2D eigenvalue weighted by atomic mass is 16.5. The number of ether oxygens (including phenoxy) is 1. The third kappa shape index (κ3) is 3.68. The molecule has 1 N–H and O–H groups in total. The van der Waals surface area contributed by atoms with Crippen LogP contribution in [0.1, 0.15) is 13.8 Å². The quantitative estimate of drug-likeness (QED) is 0.893. The summed E-state index contributed by atoms with van der Waals surface area (Å²) in [7, 11) is 1.84. The largest absolute Gasteiger partial charge is 0.477 e. The first-order chi connectivity index (χ1) is 9.19. The highest BCUT2D eigenvalue weighted by Gasteiger charge is 2.07. The Morgan fingerprint density at radius 3 is 2.53 bits per heavy atom. The van der Waals surface area contributed by atoms with Crippen LogP contribution in [0.3, 0.4) is 0 Å². The molecule has 0 bridgehead atoms. The molecular weight excluding hydrogens is 238 g/mol. The second-order valence-electron chi connectivity index (χ2n) is 4.74. The molecule has 0 amide bonds. The SMILES string of the molecule is CNc1cc(OCC(C)C)nc(-c2ccccc2)n1. The van der Waals surface area contributed by atoms with Gasteiger partial charge in [0.2, 0.25) is 5.88 Å². The van der Waals surface area contributed by atoms with Crippen LogP contribution in [0.15, 0.2) is 36.4 Å². The van der Waals surface area contributed by atoms with Crippen molar-refractivity contribution in [2.45, 2.75) is 13.8 Å². The predicted molar refractivity (Wildman–Crippen MR) is 77.3 cm³/mol. The lowest BCUT2D eigenvalue weighted by Crippen LogP contribution is -2.07. The first kappa shape index (κ1) is 13.3. The number of aromatic nitrogens is 2. The van der Waals surface area contributed by atoms with Gasteiger partial charge in [-0.05, 0) is 5.92 Å². The van der Waals surface area contributed by atoms with Gasteiger partial charge in [-0.3, -0.25) is 0 Å². The van der Waals surface area contributed by atoms with Gasteiger partial charge < -0.3 is 10.1 Å². The van der Waals surface area contributed by atoms with E-state index in [-0.39, 0.29) is 0 Å². The molecule has 1 aromatic heterocycles. The topological polar surface area (TPSA) is 47.0 Å². The predicted octanol–water partition coefficient (Wildman–Crippen LogP) is 3.22. The summed E-state index contributed by atoms with van der Waals surface area (Å²) in [6.07, 6.45) is 0. The zero-order valence-electron chi connectivity index (χ0n) is 11.6. The summed E-state index contributed by atoms with van der Waals surface area (Å²) in [6.45, 7) is 4.87. The minimum absolute atomic E-state index is 0.466. The molecule has 1 heterocycles. The number of nitrogens with zero attached hydrogens (tertiary/aromatic N) is 2. The van der Waals surface area contributed by atoms with Crippen LogP contribution in [0.2, 0.25) is 0 Å². The Kier molecular flexibility index (Phi) is 4.34. The smallest absolute Gasteiger partial charge is 0.219 e. The van der Waals surface area contributed by atoms with Crippen molar-refractivity contribution in [2.75, 3.05) is 19.0 Å². The molecule has 0 saturated heterocycles. The van der Waals surface area contributed by atoms with Crippen LogP contribution in [0.5, 0.6) is 5.88 Å². The van der Waals surface area contributed by atoms with E-state index in [0.29, 0.717) is 24.2 Å². The van der Waals surface area contributed by atoms with Crippen LogP contribution in [0.25, 0.3) is 11.4 Å². The summed E-state index contributed by atoms with van der Waals surface area (Å²) in [6, 6.07) is 11.7. The minimum atomic E-state index is 0.466. The van der Waals surface area contributed by atoms with Gasteiger partial charge in [0.1, 0.15) is 5.82 Å². The lowest BCUT2D eigenvalue weighted by Gasteiger charge is -2.10. The highest BCUT2D eigenvalue weighted by Crippen LogP contribution is 2.21. The van der Waals surface area contributed by atoms with Gasteiger partial charge in [-0.25, -0.2) is 4.98 Å². The van der Waals surface area contributed by atoms with Gasteiger partial charge in [0.05, 0.1) is 6.61 Å². The number of anilines is 1. The molecule has 19 heavy (non-hydrogen) atoms. The summed E-state index contributed by atoms with van der Waals surface area (Å²) >= 11 is 0. The summed E-state index contributed by atoms with van der Waals surface area (Å²) < 4.78 is 5.68. The van der Waals surface area contributed by atoms with Crippen molar-refractivity contribution in [2.24, 2.45) is 5.92 Å². The Labute approximate surface area is 113 Å². The van der Waals surface area contributed by atoms with Crippen molar-refractivity contribution >= 4 is 5.82 Å². The van der Waals surface area contributed by atoms with Crippen molar-refractivity contribution < 1.29 is 4.74 Å². The molecule has 0 aliphatic carbocycles. The normalized spacial score (nSPS) is 10.5. The lowest BCUT2D eigenvalue weighted by atomic mass is 10.2. The molecule has 0 aliphatic heterocycles. The Morgan fingerprint density at radius 1 is 1.16 bits per heavy atom. The van der Waals surface area contributed by atoms with Crippen LogP contribution in [-0.4, -0.2) is 23.6 Å². The number of rotatable bonds is 5. The van der Waals surface area contributed by atoms with E-state index in [2.05, 4.69) is 29.1 Å². The van der Waals surface area contributed by atoms with E-state index < -0.39 is 0 Å². The number of benzene rings is 1. The molecule has 0 aliphatic rings. The standard InChI is InChI=1S/C15H19N3O/c1-11(2)10-19-14-9-13(16-3)17-15(18-14)12-7-5-4-6-8-12/h4-9,11H,10H2,1-3H3,(H,16,17,18). The molecule has 1 aromatic carbocycles. The molecule has 0 atom stereocenters. The van der Waals surface area contributed by atoms with E-state index in [0.717, 1.165) is 11.4 Å². The van der Waals surface area contributed by atoms with Gasteiger partial charge in [-0.1, -0.05) is 44.2 Å². The number of nitrogens with one attached hydrogen (secondary N) is 1. The van der Waals surface area contributed by atoms with Crippen LogP contribution >= 0.6 is 0 Å². The average Bonchev–Trinajstić information content (AvgIpc) is 2.45. The van der Waals surface area contributed by atoms with E-state index in [9.17, 15) is 0 Å².